The number of halogens is 1. The van der Waals surface area contributed by atoms with Gasteiger partial charge in [0.05, 0.1) is 11.6 Å². The molecule has 1 aliphatic rings. The molecule has 4 nitrogen and oxygen atoms in total. The largest absolute Gasteiger partial charge is 0.330 e. The minimum atomic E-state index is 0.00386. The van der Waals surface area contributed by atoms with Crippen LogP contribution in [0.1, 0.15) is 33.9 Å². The molecule has 0 fully saturated rings. The smallest absolute Gasteiger partial charge is 0.274 e. The highest BCUT2D eigenvalue weighted by atomic mass is 79.9. The lowest BCUT2D eigenvalue weighted by Crippen LogP contribution is -2.38. The van der Waals surface area contributed by atoms with Crippen LogP contribution in [-0.2, 0) is 6.42 Å². The summed E-state index contributed by atoms with van der Waals surface area (Å²) in [5, 5.41) is 6.53. The molecule has 0 aromatic carbocycles. The van der Waals surface area contributed by atoms with E-state index < -0.39 is 0 Å². The molecule has 0 saturated carbocycles. The number of aromatic nitrogens is 2. The lowest BCUT2D eigenvalue weighted by molar-refractivity contribution is 0.0673. The predicted octanol–water partition coefficient (Wildman–Crippen LogP) is 3.92. The molecule has 4 rings (SSSR count). The van der Waals surface area contributed by atoms with Gasteiger partial charge < -0.3 is 4.90 Å². The minimum absolute atomic E-state index is 0.00386. The normalized spacial score (nSPS) is 17.7. The second-order valence-electron chi connectivity index (χ2n) is 5.47. The van der Waals surface area contributed by atoms with Gasteiger partial charge in [0.25, 0.3) is 5.91 Å². The Bertz CT molecular complexity index is 869. The van der Waals surface area contributed by atoms with Crippen molar-refractivity contribution in [3.05, 3.63) is 56.4 Å². The fourth-order valence-corrected chi connectivity index (χ4v) is 4.29. The standard InChI is InChI=1S/C16H14BrN3OS/c1-10-13-5-7-22-15(13)4-6-19(10)16(21)14-8-12-3-2-11(17)9-20(12)18-14/h2-3,5,7-10H,4,6H2,1H3. The maximum atomic E-state index is 12.8. The maximum Gasteiger partial charge on any atom is 0.274 e. The fraction of sp³-hybridized carbons (Fsp3) is 0.250. The van der Waals surface area contributed by atoms with Crippen LogP contribution in [0.5, 0.6) is 0 Å². The Kier molecular flexibility index (Phi) is 3.31. The Balaban J connectivity index is 1.68. The summed E-state index contributed by atoms with van der Waals surface area (Å²) in [5.41, 5.74) is 2.70. The zero-order valence-corrected chi connectivity index (χ0v) is 14.4. The lowest BCUT2D eigenvalue weighted by atomic mass is 10.0. The van der Waals surface area contributed by atoms with Gasteiger partial charge in [0.1, 0.15) is 0 Å². The average molecular weight is 376 g/mol. The van der Waals surface area contributed by atoms with Crippen LogP contribution in [0, 0.1) is 0 Å². The summed E-state index contributed by atoms with van der Waals surface area (Å²) in [4.78, 5) is 16.2. The van der Waals surface area contributed by atoms with Gasteiger partial charge >= 0.3 is 0 Å². The highest BCUT2D eigenvalue weighted by Crippen LogP contribution is 2.33. The first-order valence-electron chi connectivity index (χ1n) is 7.15. The summed E-state index contributed by atoms with van der Waals surface area (Å²) in [7, 11) is 0. The number of hydrogen-bond donors (Lipinski definition) is 0. The fourth-order valence-electron chi connectivity index (χ4n) is 3.00. The van der Waals surface area contributed by atoms with Crippen LogP contribution < -0.4 is 0 Å². The van der Waals surface area contributed by atoms with Gasteiger partial charge in [0, 0.05) is 22.1 Å². The molecule has 4 heterocycles. The van der Waals surface area contributed by atoms with Crippen LogP contribution in [0.3, 0.4) is 0 Å². The summed E-state index contributed by atoms with van der Waals surface area (Å²) in [6.45, 7) is 2.85. The van der Waals surface area contributed by atoms with E-state index in [1.165, 1.54) is 10.4 Å². The average Bonchev–Trinajstić information content (AvgIpc) is 3.12. The summed E-state index contributed by atoms with van der Waals surface area (Å²) in [5.74, 6) is 0.00386. The number of fused-ring (bicyclic) bond motifs is 2. The van der Waals surface area contributed by atoms with E-state index in [1.807, 2.05) is 29.3 Å². The Morgan fingerprint density at radius 1 is 1.41 bits per heavy atom. The third-order valence-electron chi connectivity index (χ3n) is 4.18. The second kappa shape index (κ2) is 5.21. The zero-order valence-electron chi connectivity index (χ0n) is 12.0. The molecular formula is C16H14BrN3OS. The molecule has 1 amide bonds. The number of thiophene rings is 1. The molecule has 3 aromatic rings. The van der Waals surface area contributed by atoms with Gasteiger partial charge in [-0.2, -0.15) is 5.10 Å². The molecule has 6 heteroatoms. The molecule has 0 radical (unpaired) electrons. The van der Waals surface area contributed by atoms with Gasteiger partial charge in [-0.05, 0) is 64.5 Å². The maximum absolute atomic E-state index is 12.8. The van der Waals surface area contributed by atoms with Gasteiger partial charge in [-0.3, -0.25) is 4.79 Å². The van der Waals surface area contributed by atoms with E-state index in [1.54, 1.807) is 15.9 Å². The first-order chi connectivity index (χ1) is 10.6. The van der Waals surface area contributed by atoms with Crippen molar-refractivity contribution in [3.63, 3.8) is 0 Å². The molecule has 22 heavy (non-hydrogen) atoms. The van der Waals surface area contributed by atoms with Crippen molar-refractivity contribution in [1.29, 1.82) is 0 Å². The van der Waals surface area contributed by atoms with Crippen molar-refractivity contribution in [1.82, 2.24) is 14.5 Å². The van der Waals surface area contributed by atoms with Crippen LogP contribution in [0.4, 0.5) is 0 Å². The molecule has 0 bridgehead atoms. The summed E-state index contributed by atoms with van der Waals surface area (Å²) in [6.07, 6.45) is 2.80. The third-order valence-corrected chi connectivity index (χ3v) is 5.65. The summed E-state index contributed by atoms with van der Waals surface area (Å²) < 4.78 is 2.68. The molecule has 0 spiro atoms. The highest BCUT2D eigenvalue weighted by Gasteiger charge is 2.30. The second-order valence-corrected chi connectivity index (χ2v) is 7.39. The van der Waals surface area contributed by atoms with Crippen LogP contribution in [0.2, 0.25) is 0 Å². The summed E-state index contributed by atoms with van der Waals surface area (Å²) >= 11 is 5.20. The molecule has 112 valence electrons. The molecule has 0 saturated heterocycles. The SMILES string of the molecule is CC1c2ccsc2CCN1C(=O)c1cc2ccc(Br)cn2n1. The monoisotopic (exact) mass is 375 g/mol. The lowest BCUT2D eigenvalue weighted by Gasteiger charge is -2.33. The van der Waals surface area contributed by atoms with E-state index in [0.717, 1.165) is 23.0 Å². The predicted molar refractivity (Wildman–Crippen MR) is 90.4 cm³/mol. The third kappa shape index (κ3) is 2.18. The van der Waals surface area contributed by atoms with Crippen molar-refractivity contribution in [2.45, 2.75) is 19.4 Å². The Hall–Kier alpha value is -1.66. The molecule has 1 unspecified atom stereocenters. The summed E-state index contributed by atoms with van der Waals surface area (Å²) in [6, 6.07) is 7.99. The van der Waals surface area contributed by atoms with Crippen molar-refractivity contribution >= 4 is 38.7 Å². The first kappa shape index (κ1) is 14.0. The van der Waals surface area contributed by atoms with Gasteiger partial charge in [0.15, 0.2) is 5.69 Å². The molecular weight excluding hydrogens is 362 g/mol. The number of nitrogens with zero attached hydrogens (tertiary/aromatic N) is 3. The molecule has 0 aliphatic carbocycles. The topological polar surface area (TPSA) is 37.6 Å². The quantitative estimate of drug-likeness (QED) is 0.646. The van der Waals surface area contributed by atoms with E-state index in [4.69, 9.17) is 0 Å². The van der Waals surface area contributed by atoms with Crippen LogP contribution in [0.25, 0.3) is 5.52 Å². The Morgan fingerprint density at radius 3 is 3.14 bits per heavy atom. The first-order valence-corrected chi connectivity index (χ1v) is 8.83. The van der Waals surface area contributed by atoms with E-state index in [0.29, 0.717) is 5.69 Å². The van der Waals surface area contributed by atoms with E-state index in [2.05, 4.69) is 39.4 Å². The van der Waals surface area contributed by atoms with Gasteiger partial charge in [0.2, 0.25) is 0 Å². The van der Waals surface area contributed by atoms with Crippen molar-refractivity contribution in [2.75, 3.05) is 6.54 Å². The van der Waals surface area contributed by atoms with Gasteiger partial charge in [-0.1, -0.05) is 0 Å². The number of carbonyl (C=O) groups is 1. The zero-order chi connectivity index (χ0) is 15.3. The Morgan fingerprint density at radius 2 is 2.27 bits per heavy atom. The molecule has 3 aromatic heterocycles. The number of pyridine rings is 1. The van der Waals surface area contributed by atoms with Crippen molar-refractivity contribution < 1.29 is 4.79 Å². The number of carbonyl (C=O) groups excluding carboxylic acids is 1. The van der Waals surface area contributed by atoms with Gasteiger partial charge in [-0.15, -0.1) is 11.3 Å². The van der Waals surface area contributed by atoms with Crippen LogP contribution >= 0.6 is 27.3 Å². The minimum Gasteiger partial charge on any atom is -0.330 e. The number of amides is 1. The van der Waals surface area contributed by atoms with E-state index in [-0.39, 0.29) is 11.9 Å². The number of rotatable bonds is 1. The van der Waals surface area contributed by atoms with Gasteiger partial charge in [-0.25, -0.2) is 4.52 Å². The molecule has 1 atom stereocenters. The van der Waals surface area contributed by atoms with Crippen LogP contribution in [-0.4, -0.2) is 27.0 Å². The molecule has 1 aliphatic heterocycles. The van der Waals surface area contributed by atoms with E-state index >= 15 is 0 Å². The number of hydrogen-bond acceptors (Lipinski definition) is 3. The van der Waals surface area contributed by atoms with Crippen molar-refractivity contribution in [2.24, 2.45) is 0 Å². The van der Waals surface area contributed by atoms with Crippen LogP contribution in [0.15, 0.2) is 40.3 Å². The van der Waals surface area contributed by atoms with E-state index in [9.17, 15) is 4.79 Å². The molecule has 0 N–H and O–H groups in total. The Labute approximate surface area is 140 Å². The van der Waals surface area contributed by atoms with Crippen molar-refractivity contribution in [3.8, 4) is 0 Å². The highest BCUT2D eigenvalue weighted by molar-refractivity contribution is 9.10.